The predicted octanol–water partition coefficient (Wildman–Crippen LogP) is -2.38. The van der Waals surface area contributed by atoms with Gasteiger partial charge in [-0.2, -0.15) is 0 Å². The molecule has 0 aliphatic carbocycles. The third-order valence-corrected chi connectivity index (χ3v) is 3.19. The first-order chi connectivity index (χ1) is 11.6. The largest absolute Gasteiger partial charge is 0.421 e. The molecule has 0 aromatic carbocycles. The summed E-state index contributed by atoms with van der Waals surface area (Å²) in [5, 5.41) is 30.7. The van der Waals surface area contributed by atoms with Crippen molar-refractivity contribution < 1.29 is 29.0 Å². The van der Waals surface area contributed by atoms with E-state index in [1.807, 2.05) is 0 Å². The van der Waals surface area contributed by atoms with E-state index in [0.717, 1.165) is 0 Å². The topological polar surface area (TPSA) is 207 Å². The fourth-order valence-electron chi connectivity index (χ4n) is 1.93. The Balaban J connectivity index is 2.76. The number of ketones is 1. The Morgan fingerprint density at radius 1 is 1.24 bits per heavy atom. The molecule has 0 radical (unpaired) electrons. The zero-order valence-electron chi connectivity index (χ0n) is 13.8. The minimum absolute atomic E-state index is 0.0833. The summed E-state index contributed by atoms with van der Waals surface area (Å²) < 4.78 is 5.23. The number of hydrogen-bond donors (Lipinski definition) is 6. The van der Waals surface area contributed by atoms with Crippen LogP contribution in [0.5, 0.6) is 0 Å². The highest BCUT2D eigenvalue weighted by atomic mass is 16.4. The van der Waals surface area contributed by atoms with Crippen molar-refractivity contribution >= 4 is 17.7 Å². The standard InChI is InChI=1S/C13H22N6O6/c1-5(21)10(6(2)22)17-13(24)16-8(4-20)12-19-18-11(25-12)7(14)3-9(15)23/h5,7-8,10,20-21H,3-4,14H2,1-2H3,(H2,15,23)(H2,16,17,24)/t5?,7-,8-,10-/m0/s1. The third kappa shape index (κ3) is 6.10. The molecule has 0 spiro atoms. The van der Waals surface area contributed by atoms with E-state index in [9.17, 15) is 24.6 Å². The van der Waals surface area contributed by atoms with Crippen LogP contribution in [0.1, 0.15) is 44.1 Å². The van der Waals surface area contributed by atoms with Crippen molar-refractivity contribution in [2.24, 2.45) is 11.5 Å². The average molecular weight is 358 g/mol. The second-order valence-electron chi connectivity index (χ2n) is 5.44. The highest BCUT2D eigenvalue weighted by molar-refractivity contribution is 5.87. The van der Waals surface area contributed by atoms with Crippen LogP contribution in [0, 0.1) is 0 Å². The minimum Gasteiger partial charge on any atom is -0.421 e. The molecule has 1 aromatic heterocycles. The molecule has 140 valence electrons. The SMILES string of the molecule is CC(=O)[C@@H](NC(=O)N[C@@H](CO)c1nnc([C@@H](N)CC(N)=O)o1)C(C)O. The molecule has 1 heterocycles. The van der Waals surface area contributed by atoms with Gasteiger partial charge >= 0.3 is 6.03 Å². The van der Waals surface area contributed by atoms with Crippen LogP contribution in [-0.2, 0) is 9.59 Å². The summed E-state index contributed by atoms with van der Waals surface area (Å²) >= 11 is 0. The molecule has 8 N–H and O–H groups in total. The number of urea groups is 1. The lowest BCUT2D eigenvalue weighted by Gasteiger charge is -2.20. The number of nitrogens with zero attached hydrogens (tertiary/aromatic N) is 2. The Morgan fingerprint density at radius 2 is 1.84 bits per heavy atom. The number of nitrogens with two attached hydrogens (primary N) is 2. The molecule has 0 bridgehead atoms. The molecule has 0 aliphatic heterocycles. The molecule has 3 amide bonds. The number of Topliss-reactive ketones (excluding diaryl/α,β-unsaturated/α-hetero) is 1. The molecule has 0 aliphatic rings. The Kier molecular flexibility index (Phi) is 7.42. The highest BCUT2D eigenvalue weighted by Gasteiger charge is 2.26. The first-order valence-corrected chi connectivity index (χ1v) is 7.39. The van der Waals surface area contributed by atoms with Crippen LogP contribution in [-0.4, -0.2) is 56.9 Å². The van der Waals surface area contributed by atoms with Crippen LogP contribution in [0.2, 0.25) is 0 Å². The smallest absolute Gasteiger partial charge is 0.316 e. The monoisotopic (exact) mass is 358 g/mol. The van der Waals surface area contributed by atoms with E-state index in [4.69, 9.17) is 15.9 Å². The molecule has 4 atom stereocenters. The maximum Gasteiger partial charge on any atom is 0.316 e. The quantitative estimate of drug-likeness (QED) is 0.278. The summed E-state index contributed by atoms with van der Waals surface area (Å²) in [5.41, 5.74) is 10.7. The maximum atomic E-state index is 11.9. The van der Waals surface area contributed by atoms with Gasteiger partial charge in [-0.1, -0.05) is 0 Å². The van der Waals surface area contributed by atoms with E-state index in [-0.39, 0.29) is 18.2 Å². The Hall–Kier alpha value is -2.57. The summed E-state index contributed by atoms with van der Waals surface area (Å²) in [4.78, 5) is 34.1. The lowest BCUT2D eigenvalue weighted by molar-refractivity contribution is -0.121. The molecular formula is C13H22N6O6. The summed E-state index contributed by atoms with van der Waals surface area (Å²) in [6.07, 6.45) is -1.31. The average Bonchev–Trinajstić information content (AvgIpc) is 2.98. The number of primary amides is 1. The van der Waals surface area contributed by atoms with E-state index in [0.29, 0.717) is 0 Å². The number of aliphatic hydroxyl groups excluding tert-OH is 2. The molecule has 1 aromatic rings. The van der Waals surface area contributed by atoms with Gasteiger partial charge < -0.3 is 36.7 Å². The van der Waals surface area contributed by atoms with Crippen molar-refractivity contribution in [3.8, 4) is 0 Å². The number of nitrogens with one attached hydrogen (secondary N) is 2. The lowest BCUT2D eigenvalue weighted by Crippen LogP contribution is -2.51. The number of amides is 3. The van der Waals surface area contributed by atoms with Crippen LogP contribution in [0.3, 0.4) is 0 Å². The fraction of sp³-hybridized carbons (Fsp3) is 0.615. The van der Waals surface area contributed by atoms with Gasteiger partial charge in [0.1, 0.15) is 12.1 Å². The van der Waals surface area contributed by atoms with Gasteiger partial charge in [0.05, 0.1) is 25.2 Å². The lowest BCUT2D eigenvalue weighted by atomic mass is 10.1. The number of rotatable bonds is 9. The number of carbonyl (C=O) groups excluding carboxylic acids is 3. The van der Waals surface area contributed by atoms with Gasteiger partial charge in [-0.05, 0) is 13.8 Å². The summed E-state index contributed by atoms with van der Waals surface area (Å²) in [7, 11) is 0. The van der Waals surface area contributed by atoms with Gasteiger partial charge in [-0.15, -0.1) is 10.2 Å². The van der Waals surface area contributed by atoms with Crippen molar-refractivity contribution in [3.63, 3.8) is 0 Å². The first-order valence-electron chi connectivity index (χ1n) is 7.39. The normalized spacial score (nSPS) is 15.7. The van der Waals surface area contributed by atoms with Crippen LogP contribution in [0.4, 0.5) is 4.79 Å². The van der Waals surface area contributed by atoms with E-state index < -0.39 is 48.6 Å². The molecule has 12 nitrogen and oxygen atoms in total. The third-order valence-electron chi connectivity index (χ3n) is 3.19. The van der Waals surface area contributed by atoms with Crippen LogP contribution >= 0.6 is 0 Å². The van der Waals surface area contributed by atoms with E-state index in [2.05, 4.69) is 20.8 Å². The zero-order valence-corrected chi connectivity index (χ0v) is 13.8. The summed E-state index contributed by atoms with van der Waals surface area (Å²) in [5.74, 6) is -1.33. The Labute approximate surface area is 143 Å². The number of aliphatic hydroxyl groups is 2. The van der Waals surface area contributed by atoms with Gasteiger partial charge in [-0.3, -0.25) is 9.59 Å². The van der Waals surface area contributed by atoms with Crippen molar-refractivity contribution in [2.75, 3.05) is 6.61 Å². The first kappa shape index (κ1) is 20.5. The number of hydrogen-bond acceptors (Lipinski definition) is 9. The molecule has 1 rings (SSSR count). The molecule has 25 heavy (non-hydrogen) atoms. The molecular weight excluding hydrogens is 336 g/mol. The van der Waals surface area contributed by atoms with Crippen LogP contribution in [0.25, 0.3) is 0 Å². The molecule has 1 unspecified atom stereocenters. The van der Waals surface area contributed by atoms with Gasteiger partial charge in [0, 0.05) is 0 Å². The molecule has 0 saturated heterocycles. The van der Waals surface area contributed by atoms with Crippen molar-refractivity contribution in [2.45, 2.75) is 44.5 Å². The van der Waals surface area contributed by atoms with Gasteiger partial charge in [0.2, 0.25) is 17.7 Å². The fourth-order valence-corrected chi connectivity index (χ4v) is 1.93. The molecule has 12 heteroatoms. The zero-order chi connectivity index (χ0) is 19.1. The molecule has 0 fully saturated rings. The number of carbonyl (C=O) groups is 3. The van der Waals surface area contributed by atoms with Crippen LogP contribution < -0.4 is 22.1 Å². The van der Waals surface area contributed by atoms with Crippen LogP contribution in [0.15, 0.2) is 4.42 Å². The second kappa shape index (κ2) is 9.05. The Morgan fingerprint density at radius 3 is 2.32 bits per heavy atom. The second-order valence-corrected chi connectivity index (χ2v) is 5.44. The number of aromatic nitrogens is 2. The van der Waals surface area contributed by atoms with Gasteiger partial charge in [-0.25, -0.2) is 4.79 Å². The van der Waals surface area contributed by atoms with E-state index in [1.165, 1.54) is 13.8 Å². The highest BCUT2D eigenvalue weighted by Crippen LogP contribution is 2.16. The van der Waals surface area contributed by atoms with E-state index in [1.54, 1.807) is 0 Å². The summed E-state index contributed by atoms with van der Waals surface area (Å²) in [6, 6.07) is -3.93. The predicted molar refractivity (Wildman–Crippen MR) is 82.7 cm³/mol. The van der Waals surface area contributed by atoms with Crippen molar-refractivity contribution in [3.05, 3.63) is 11.8 Å². The van der Waals surface area contributed by atoms with Gasteiger partial charge in [0.25, 0.3) is 0 Å². The van der Waals surface area contributed by atoms with Crippen molar-refractivity contribution in [1.29, 1.82) is 0 Å². The van der Waals surface area contributed by atoms with Crippen molar-refractivity contribution in [1.82, 2.24) is 20.8 Å². The Bertz CT molecular complexity index is 618. The minimum atomic E-state index is -1.11. The molecule has 0 saturated carbocycles. The van der Waals surface area contributed by atoms with E-state index >= 15 is 0 Å². The van der Waals surface area contributed by atoms with Gasteiger partial charge in [0.15, 0.2) is 5.78 Å². The maximum absolute atomic E-state index is 11.9. The summed E-state index contributed by atoms with van der Waals surface area (Å²) in [6.45, 7) is 1.98.